The number of primary amides is 1. The van der Waals surface area contributed by atoms with Gasteiger partial charge >= 0.3 is 5.97 Å². The Balaban J connectivity index is 1.91. The number of aromatic hydroxyl groups is 1. The van der Waals surface area contributed by atoms with Crippen molar-refractivity contribution >= 4 is 23.7 Å². The summed E-state index contributed by atoms with van der Waals surface area (Å²) in [4.78, 5) is 49.9. The number of rotatable bonds is 7. The molecule has 1 aromatic carbocycles. The molecule has 0 saturated carbocycles. The molecule has 2 aliphatic rings. The van der Waals surface area contributed by atoms with E-state index < -0.39 is 48.2 Å². The standard InChI is InChI=1S/C18H19N3O9/c1-29-18(16(28)21-12(13(19)24)9(6-22)7-30-17(18)21)20-14(25)11(15(26)27)8-2-4-10(23)5-3-8/h2-5,11,17,22-23H,6-7H2,1H3,(H2,19,24)(H,20,25)(H,26,27)/t11?,17-,18+/m1/s1. The molecule has 1 unspecified atom stereocenters. The second-order valence-corrected chi connectivity index (χ2v) is 6.60. The van der Waals surface area contributed by atoms with Crippen molar-refractivity contribution in [1.82, 2.24) is 10.2 Å². The number of aliphatic hydroxyl groups excluding tert-OH is 1. The average Bonchev–Trinajstić information content (AvgIpc) is 2.71. The lowest BCUT2D eigenvalue weighted by molar-refractivity contribution is -0.258. The van der Waals surface area contributed by atoms with Crippen LogP contribution in [0.25, 0.3) is 0 Å². The first-order valence-corrected chi connectivity index (χ1v) is 8.64. The number of phenolic OH excluding ortho intramolecular Hbond substituents is 1. The average molecular weight is 421 g/mol. The topological polar surface area (TPSA) is 189 Å². The summed E-state index contributed by atoms with van der Waals surface area (Å²) in [6.07, 6.45) is -1.30. The Morgan fingerprint density at radius 1 is 1.37 bits per heavy atom. The lowest BCUT2D eigenvalue weighted by Gasteiger charge is -2.55. The highest BCUT2D eigenvalue weighted by atomic mass is 16.6. The van der Waals surface area contributed by atoms with Gasteiger partial charge in [-0.05, 0) is 17.7 Å². The lowest BCUT2D eigenvalue weighted by Crippen LogP contribution is -2.83. The molecule has 160 valence electrons. The van der Waals surface area contributed by atoms with Gasteiger partial charge in [0, 0.05) is 12.7 Å². The van der Waals surface area contributed by atoms with E-state index in [1.54, 1.807) is 0 Å². The molecule has 0 aromatic heterocycles. The molecule has 12 nitrogen and oxygen atoms in total. The molecule has 6 N–H and O–H groups in total. The van der Waals surface area contributed by atoms with E-state index in [0.717, 1.165) is 12.0 Å². The zero-order valence-corrected chi connectivity index (χ0v) is 15.7. The van der Waals surface area contributed by atoms with Crippen molar-refractivity contribution in [3.05, 3.63) is 41.1 Å². The van der Waals surface area contributed by atoms with Crippen molar-refractivity contribution in [2.45, 2.75) is 17.9 Å². The molecule has 1 fully saturated rings. The van der Waals surface area contributed by atoms with E-state index in [-0.39, 0.29) is 29.2 Å². The second kappa shape index (κ2) is 7.74. The van der Waals surface area contributed by atoms with Gasteiger partial charge in [-0.3, -0.25) is 24.1 Å². The number of ether oxygens (including phenoxy) is 2. The number of methoxy groups -OCH3 is 1. The van der Waals surface area contributed by atoms with Crippen LogP contribution in [0.15, 0.2) is 35.5 Å². The number of aliphatic carboxylic acids is 1. The Hall–Kier alpha value is -3.48. The van der Waals surface area contributed by atoms with Gasteiger partial charge in [-0.25, -0.2) is 0 Å². The Labute approximate surface area is 169 Å². The normalized spacial score (nSPS) is 24.0. The number of nitrogens with one attached hydrogen (secondary N) is 1. The number of benzene rings is 1. The van der Waals surface area contributed by atoms with Crippen LogP contribution in [0.1, 0.15) is 11.5 Å². The number of amides is 3. The number of phenols is 1. The SMILES string of the molecule is CO[C@@]1(NC(=O)C(C(=O)O)c2ccc(O)cc2)C(=O)N2C(C(N)=O)=C(CO)CO[C@@H]21. The number of carbonyl (C=O) groups is 4. The highest BCUT2D eigenvalue weighted by molar-refractivity contribution is 6.08. The monoisotopic (exact) mass is 421 g/mol. The first-order chi connectivity index (χ1) is 14.2. The number of carbonyl (C=O) groups excluding carboxylic acids is 3. The number of nitrogens with two attached hydrogens (primary N) is 1. The zero-order chi connectivity index (χ0) is 22.2. The largest absolute Gasteiger partial charge is 0.508 e. The molecule has 3 atom stereocenters. The molecule has 30 heavy (non-hydrogen) atoms. The minimum absolute atomic E-state index is 0.0533. The minimum Gasteiger partial charge on any atom is -0.508 e. The van der Waals surface area contributed by atoms with Crippen LogP contribution in [0, 0.1) is 0 Å². The van der Waals surface area contributed by atoms with Crippen LogP contribution in [0.5, 0.6) is 5.75 Å². The third-order valence-electron chi connectivity index (χ3n) is 4.90. The highest BCUT2D eigenvalue weighted by Gasteiger charge is 2.67. The van der Waals surface area contributed by atoms with Crippen LogP contribution in [0.3, 0.4) is 0 Å². The summed E-state index contributed by atoms with van der Waals surface area (Å²) in [6, 6.07) is 4.93. The third-order valence-corrected chi connectivity index (χ3v) is 4.90. The number of β-lactam (4-membered cyclic amide) rings is 1. The fourth-order valence-corrected chi connectivity index (χ4v) is 3.43. The predicted molar refractivity (Wildman–Crippen MR) is 96.3 cm³/mol. The molecular weight excluding hydrogens is 402 g/mol. The molecule has 1 saturated heterocycles. The lowest BCUT2D eigenvalue weighted by atomic mass is 9.92. The molecule has 0 aliphatic carbocycles. The number of hydrogen-bond acceptors (Lipinski definition) is 8. The van der Waals surface area contributed by atoms with Crippen LogP contribution in [-0.4, -0.2) is 76.2 Å². The molecule has 3 amide bonds. The van der Waals surface area contributed by atoms with E-state index in [1.165, 1.54) is 24.3 Å². The Bertz CT molecular complexity index is 943. The predicted octanol–water partition coefficient (Wildman–Crippen LogP) is -2.05. The van der Waals surface area contributed by atoms with Gasteiger partial charge in [0.05, 0.1) is 13.2 Å². The summed E-state index contributed by atoms with van der Waals surface area (Å²) < 4.78 is 10.6. The van der Waals surface area contributed by atoms with E-state index in [0.29, 0.717) is 0 Å². The van der Waals surface area contributed by atoms with Gasteiger partial charge in [0.15, 0.2) is 12.1 Å². The van der Waals surface area contributed by atoms with Crippen molar-refractivity contribution in [2.24, 2.45) is 5.73 Å². The molecular formula is C18H19N3O9. The number of carboxylic acids is 1. The number of fused-ring (bicyclic) bond motifs is 1. The molecule has 2 aliphatic heterocycles. The van der Waals surface area contributed by atoms with Crippen LogP contribution in [0.4, 0.5) is 0 Å². The summed E-state index contributed by atoms with van der Waals surface area (Å²) >= 11 is 0. The van der Waals surface area contributed by atoms with Crippen LogP contribution >= 0.6 is 0 Å². The summed E-state index contributed by atoms with van der Waals surface area (Å²) in [5.74, 6) is -6.33. The number of hydrogen-bond donors (Lipinski definition) is 5. The van der Waals surface area contributed by atoms with Crippen molar-refractivity contribution in [1.29, 1.82) is 0 Å². The van der Waals surface area contributed by atoms with Gasteiger partial charge in [-0.15, -0.1) is 0 Å². The highest BCUT2D eigenvalue weighted by Crippen LogP contribution is 2.40. The summed E-state index contributed by atoms with van der Waals surface area (Å²) in [6.45, 7) is -0.840. The van der Waals surface area contributed by atoms with Gasteiger partial charge in [0.25, 0.3) is 17.5 Å². The van der Waals surface area contributed by atoms with Gasteiger partial charge in [0.1, 0.15) is 11.4 Å². The Morgan fingerprint density at radius 2 is 2.00 bits per heavy atom. The molecule has 3 rings (SSSR count). The summed E-state index contributed by atoms with van der Waals surface area (Å²) in [5.41, 5.74) is 3.07. The maximum Gasteiger partial charge on any atom is 0.320 e. The third kappa shape index (κ3) is 3.16. The number of nitrogens with zero attached hydrogens (tertiary/aromatic N) is 1. The maximum absolute atomic E-state index is 12.8. The quantitative estimate of drug-likeness (QED) is 0.187. The van der Waals surface area contributed by atoms with Gasteiger partial charge < -0.3 is 35.8 Å². The van der Waals surface area contributed by atoms with Crippen LogP contribution < -0.4 is 11.1 Å². The minimum atomic E-state index is -2.09. The molecule has 2 heterocycles. The molecule has 1 aromatic rings. The first kappa shape index (κ1) is 21.2. The van der Waals surface area contributed by atoms with Crippen LogP contribution in [0.2, 0.25) is 0 Å². The number of carboxylic acid groups (broad SMARTS) is 1. The van der Waals surface area contributed by atoms with Crippen molar-refractivity contribution in [3.8, 4) is 5.75 Å². The second-order valence-electron chi connectivity index (χ2n) is 6.60. The fourth-order valence-electron chi connectivity index (χ4n) is 3.43. The molecule has 12 heteroatoms. The van der Waals surface area contributed by atoms with Crippen molar-refractivity contribution < 1.29 is 44.0 Å². The maximum atomic E-state index is 12.8. The molecule has 0 radical (unpaired) electrons. The smallest absolute Gasteiger partial charge is 0.320 e. The van der Waals surface area contributed by atoms with E-state index in [1.807, 2.05) is 0 Å². The summed E-state index contributed by atoms with van der Waals surface area (Å²) in [7, 11) is 1.10. The Morgan fingerprint density at radius 3 is 2.50 bits per heavy atom. The van der Waals surface area contributed by atoms with E-state index in [4.69, 9.17) is 15.2 Å². The molecule has 0 spiro atoms. The first-order valence-electron chi connectivity index (χ1n) is 8.64. The van der Waals surface area contributed by atoms with E-state index in [2.05, 4.69) is 5.32 Å². The van der Waals surface area contributed by atoms with Gasteiger partial charge in [-0.1, -0.05) is 12.1 Å². The van der Waals surface area contributed by atoms with Crippen molar-refractivity contribution in [3.63, 3.8) is 0 Å². The fraction of sp³-hybridized carbons (Fsp3) is 0.333. The van der Waals surface area contributed by atoms with Crippen LogP contribution in [-0.2, 0) is 28.7 Å². The molecule has 0 bridgehead atoms. The van der Waals surface area contributed by atoms with E-state index >= 15 is 0 Å². The van der Waals surface area contributed by atoms with Gasteiger partial charge in [-0.2, -0.15) is 0 Å². The zero-order valence-electron chi connectivity index (χ0n) is 15.7. The van der Waals surface area contributed by atoms with Crippen molar-refractivity contribution in [2.75, 3.05) is 20.3 Å². The summed E-state index contributed by atoms with van der Waals surface area (Å²) in [5, 5.41) is 30.5. The van der Waals surface area contributed by atoms with E-state index in [9.17, 15) is 34.5 Å². The number of aliphatic hydroxyl groups is 1. The Kier molecular flexibility index (Phi) is 5.48. The van der Waals surface area contributed by atoms with Gasteiger partial charge in [0.2, 0.25) is 5.91 Å².